The van der Waals surface area contributed by atoms with Crippen molar-refractivity contribution >= 4 is 5.91 Å². The SMILES string of the molecule is CC1CCCCN1C(=O)COc1cc(F)cc(F)c1. The van der Waals surface area contributed by atoms with Crippen molar-refractivity contribution in [3.05, 3.63) is 29.8 Å². The lowest BCUT2D eigenvalue weighted by molar-refractivity contribution is -0.136. The lowest BCUT2D eigenvalue weighted by Gasteiger charge is -2.33. The summed E-state index contributed by atoms with van der Waals surface area (Å²) in [6.07, 6.45) is 3.10. The molecule has 1 aliphatic rings. The predicted molar refractivity (Wildman–Crippen MR) is 66.9 cm³/mol. The van der Waals surface area contributed by atoms with Crippen LogP contribution < -0.4 is 4.74 Å². The second-order valence-electron chi connectivity index (χ2n) is 4.83. The lowest BCUT2D eigenvalue weighted by atomic mass is 10.0. The summed E-state index contributed by atoms with van der Waals surface area (Å²) in [6.45, 7) is 2.53. The van der Waals surface area contributed by atoms with Gasteiger partial charge in [0.15, 0.2) is 6.61 Å². The summed E-state index contributed by atoms with van der Waals surface area (Å²) in [7, 11) is 0. The Bertz CT molecular complexity index is 445. The van der Waals surface area contributed by atoms with Gasteiger partial charge in [-0.25, -0.2) is 8.78 Å². The smallest absolute Gasteiger partial charge is 0.260 e. The molecule has 19 heavy (non-hydrogen) atoms. The van der Waals surface area contributed by atoms with E-state index in [2.05, 4.69) is 0 Å². The fourth-order valence-electron chi connectivity index (χ4n) is 2.31. The minimum atomic E-state index is -0.714. The van der Waals surface area contributed by atoms with E-state index in [1.807, 2.05) is 6.92 Å². The monoisotopic (exact) mass is 269 g/mol. The summed E-state index contributed by atoms with van der Waals surface area (Å²) in [6, 6.07) is 3.10. The van der Waals surface area contributed by atoms with Gasteiger partial charge >= 0.3 is 0 Å². The molecule has 3 nitrogen and oxygen atoms in total. The molecule has 104 valence electrons. The summed E-state index contributed by atoms with van der Waals surface area (Å²) >= 11 is 0. The largest absolute Gasteiger partial charge is 0.484 e. The van der Waals surface area contributed by atoms with E-state index in [-0.39, 0.29) is 24.3 Å². The number of likely N-dealkylation sites (tertiary alicyclic amines) is 1. The van der Waals surface area contributed by atoms with Crippen molar-refractivity contribution in [1.82, 2.24) is 4.90 Å². The van der Waals surface area contributed by atoms with Crippen LogP contribution in [-0.2, 0) is 4.79 Å². The maximum absolute atomic E-state index is 13.0. The number of rotatable bonds is 3. The van der Waals surface area contributed by atoms with Crippen molar-refractivity contribution in [2.45, 2.75) is 32.2 Å². The van der Waals surface area contributed by atoms with Gasteiger partial charge in [-0.2, -0.15) is 0 Å². The van der Waals surface area contributed by atoms with Crippen LogP contribution in [0.15, 0.2) is 18.2 Å². The van der Waals surface area contributed by atoms with E-state index in [9.17, 15) is 13.6 Å². The van der Waals surface area contributed by atoms with Gasteiger partial charge in [0.25, 0.3) is 5.91 Å². The number of benzene rings is 1. The van der Waals surface area contributed by atoms with Crippen LogP contribution in [-0.4, -0.2) is 30.0 Å². The molecule has 0 spiro atoms. The zero-order valence-corrected chi connectivity index (χ0v) is 10.9. The molecule has 0 aromatic heterocycles. The van der Waals surface area contributed by atoms with Crippen LogP contribution in [0.4, 0.5) is 8.78 Å². The lowest BCUT2D eigenvalue weighted by Crippen LogP contribution is -2.44. The third-order valence-electron chi connectivity index (χ3n) is 3.32. The Kier molecular flexibility index (Phi) is 4.35. The van der Waals surface area contributed by atoms with Crippen LogP contribution >= 0.6 is 0 Å². The first-order chi connectivity index (χ1) is 9.06. The molecule has 1 atom stereocenters. The normalized spacial score (nSPS) is 19.3. The van der Waals surface area contributed by atoms with E-state index >= 15 is 0 Å². The van der Waals surface area contributed by atoms with Crippen molar-refractivity contribution in [3.8, 4) is 5.75 Å². The van der Waals surface area contributed by atoms with E-state index in [1.165, 1.54) is 0 Å². The molecule has 0 saturated carbocycles. The van der Waals surface area contributed by atoms with Gasteiger partial charge < -0.3 is 9.64 Å². The first-order valence-electron chi connectivity index (χ1n) is 6.44. The Morgan fingerprint density at radius 2 is 2.00 bits per heavy atom. The van der Waals surface area contributed by atoms with Crippen LogP contribution in [0.2, 0.25) is 0 Å². The van der Waals surface area contributed by atoms with Crippen molar-refractivity contribution in [2.75, 3.05) is 13.2 Å². The van der Waals surface area contributed by atoms with Gasteiger partial charge in [-0.15, -0.1) is 0 Å². The molecule has 0 bridgehead atoms. The fourth-order valence-corrected chi connectivity index (χ4v) is 2.31. The maximum Gasteiger partial charge on any atom is 0.260 e. The van der Waals surface area contributed by atoms with Gasteiger partial charge in [0.05, 0.1) is 0 Å². The summed E-state index contributed by atoms with van der Waals surface area (Å²) in [5.74, 6) is -1.53. The molecular weight excluding hydrogens is 252 g/mol. The highest BCUT2D eigenvalue weighted by Crippen LogP contribution is 2.18. The van der Waals surface area contributed by atoms with E-state index in [0.29, 0.717) is 0 Å². The molecule has 1 saturated heterocycles. The summed E-state index contributed by atoms with van der Waals surface area (Å²) in [4.78, 5) is 13.7. The summed E-state index contributed by atoms with van der Waals surface area (Å²) < 4.78 is 31.1. The molecule has 1 amide bonds. The Labute approximate surface area is 111 Å². The number of nitrogens with zero attached hydrogens (tertiary/aromatic N) is 1. The van der Waals surface area contributed by atoms with Gasteiger partial charge in [-0.05, 0) is 26.2 Å². The molecule has 0 N–H and O–H groups in total. The highest BCUT2D eigenvalue weighted by molar-refractivity contribution is 5.78. The molecule has 0 radical (unpaired) electrons. The van der Waals surface area contributed by atoms with Crippen molar-refractivity contribution in [2.24, 2.45) is 0 Å². The third kappa shape index (κ3) is 3.66. The molecule has 0 aliphatic carbocycles. The van der Waals surface area contributed by atoms with Gasteiger partial charge in [-0.1, -0.05) is 0 Å². The summed E-state index contributed by atoms with van der Waals surface area (Å²) in [5.41, 5.74) is 0. The number of amides is 1. The predicted octanol–water partition coefficient (Wildman–Crippen LogP) is 2.74. The average Bonchev–Trinajstić information content (AvgIpc) is 2.35. The maximum atomic E-state index is 13.0. The molecule has 2 rings (SSSR count). The molecule has 1 aliphatic heterocycles. The van der Waals surface area contributed by atoms with Crippen LogP contribution in [0.1, 0.15) is 26.2 Å². The zero-order valence-electron chi connectivity index (χ0n) is 10.9. The van der Waals surface area contributed by atoms with Crippen molar-refractivity contribution in [1.29, 1.82) is 0 Å². The molecule has 1 unspecified atom stereocenters. The van der Waals surface area contributed by atoms with Crippen LogP contribution in [0, 0.1) is 11.6 Å². The van der Waals surface area contributed by atoms with Crippen molar-refractivity contribution < 1.29 is 18.3 Å². The van der Waals surface area contributed by atoms with E-state index in [0.717, 1.165) is 44.0 Å². The Morgan fingerprint density at radius 3 is 2.63 bits per heavy atom. The quantitative estimate of drug-likeness (QED) is 0.844. The van der Waals surface area contributed by atoms with E-state index in [4.69, 9.17) is 4.74 Å². The molecule has 1 fully saturated rings. The third-order valence-corrected chi connectivity index (χ3v) is 3.32. The highest BCUT2D eigenvalue weighted by Gasteiger charge is 2.23. The van der Waals surface area contributed by atoms with Crippen LogP contribution in [0.3, 0.4) is 0 Å². The van der Waals surface area contributed by atoms with Crippen LogP contribution in [0.5, 0.6) is 5.75 Å². The second-order valence-corrected chi connectivity index (χ2v) is 4.83. The first kappa shape index (κ1) is 13.8. The standard InChI is InChI=1S/C14H17F2NO2/c1-10-4-2-3-5-17(10)14(18)9-19-13-7-11(15)6-12(16)8-13/h6-8,10H,2-5,9H2,1H3. The number of hydrogen-bond acceptors (Lipinski definition) is 2. The molecule has 1 heterocycles. The number of piperidine rings is 1. The zero-order chi connectivity index (χ0) is 13.8. The fraction of sp³-hybridized carbons (Fsp3) is 0.500. The van der Waals surface area contributed by atoms with Gasteiger partial charge in [0, 0.05) is 30.8 Å². The Hall–Kier alpha value is -1.65. The molecular formula is C14H17F2NO2. The number of hydrogen-bond donors (Lipinski definition) is 0. The number of ether oxygens (including phenoxy) is 1. The Morgan fingerprint density at radius 1 is 1.32 bits per heavy atom. The number of carbonyl (C=O) groups is 1. The average molecular weight is 269 g/mol. The molecule has 1 aromatic rings. The Balaban J connectivity index is 1.92. The summed E-state index contributed by atoms with van der Waals surface area (Å²) in [5, 5.41) is 0. The topological polar surface area (TPSA) is 29.5 Å². The molecule has 1 aromatic carbocycles. The van der Waals surface area contributed by atoms with E-state index < -0.39 is 11.6 Å². The minimum Gasteiger partial charge on any atom is -0.484 e. The second kappa shape index (κ2) is 5.99. The van der Waals surface area contributed by atoms with Crippen LogP contribution in [0.25, 0.3) is 0 Å². The van der Waals surface area contributed by atoms with Gasteiger partial charge in [0.1, 0.15) is 17.4 Å². The molecule has 5 heteroatoms. The van der Waals surface area contributed by atoms with Gasteiger partial charge in [-0.3, -0.25) is 4.79 Å². The highest BCUT2D eigenvalue weighted by atomic mass is 19.1. The minimum absolute atomic E-state index is 0.0375. The first-order valence-corrected chi connectivity index (χ1v) is 6.44. The van der Waals surface area contributed by atoms with Gasteiger partial charge in [0.2, 0.25) is 0 Å². The van der Waals surface area contributed by atoms with Crippen molar-refractivity contribution in [3.63, 3.8) is 0 Å². The number of halogens is 2. The van der Waals surface area contributed by atoms with E-state index in [1.54, 1.807) is 4.90 Å². The number of carbonyl (C=O) groups excluding carboxylic acids is 1.